The van der Waals surface area contributed by atoms with Gasteiger partial charge in [0.1, 0.15) is 5.82 Å². The molecule has 31 heavy (non-hydrogen) atoms. The Hall–Kier alpha value is -2.65. The van der Waals surface area contributed by atoms with Gasteiger partial charge in [-0.15, -0.1) is 11.3 Å². The summed E-state index contributed by atoms with van der Waals surface area (Å²) in [6, 6.07) is 5.73. The first-order valence-electron chi connectivity index (χ1n) is 10.8. The van der Waals surface area contributed by atoms with Crippen molar-refractivity contribution >= 4 is 29.1 Å². The monoisotopic (exact) mass is 442 g/mol. The fourth-order valence-electron chi connectivity index (χ4n) is 4.01. The molecule has 0 unspecified atom stereocenters. The highest BCUT2D eigenvalue weighted by molar-refractivity contribution is 7.10. The lowest BCUT2D eigenvalue weighted by molar-refractivity contribution is -0.131. The van der Waals surface area contributed by atoms with Gasteiger partial charge in [0.25, 0.3) is 0 Å². The van der Waals surface area contributed by atoms with Crippen molar-refractivity contribution < 1.29 is 9.59 Å². The molecular weight excluding hydrogens is 412 g/mol. The molecule has 2 aliphatic rings. The van der Waals surface area contributed by atoms with E-state index in [2.05, 4.69) is 43.9 Å². The lowest BCUT2D eigenvalue weighted by atomic mass is 10.1. The number of aromatic nitrogens is 1. The Morgan fingerprint density at radius 2 is 1.97 bits per heavy atom. The van der Waals surface area contributed by atoms with Crippen LogP contribution in [-0.4, -0.2) is 73.0 Å². The number of amides is 3. The second-order valence-corrected chi connectivity index (χ2v) is 9.07. The van der Waals surface area contributed by atoms with Gasteiger partial charge >= 0.3 is 6.03 Å². The van der Waals surface area contributed by atoms with Crippen molar-refractivity contribution in [2.75, 3.05) is 51.2 Å². The van der Waals surface area contributed by atoms with Crippen LogP contribution in [0.15, 0.2) is 29.8 Å². The number of carbonyl (C=O) groups excluding carboxylic acids is 2. The van der Waals surface area contributed by atoms with Gasteiger partial charge in [-0.05, 0) is 36.5 Å². The number of carbonyl (C=O) groups is 2. The quantitative estimate of drug-likeness (QED) is 0.711. The summed E-state index contributed by atoms with van der Waals surface area (Å²) in [5, 5.41) is 7.79. The van der Waals surface area contributed by atoms with Crippen molar-refractivity contribution in [2.24, 2.45) is 0 Å². The molecular formula is C22H30N6O2S. The zero-order chi connectivity index (χ0) is 21.6. The fourth-order valence-corrected chi connectivity index (χ4v) is 4.90. The average molecular weight is 443 g/mol. The molecule has 9 heteroatoms. The number of nitrogens with one attached hydrogen (secondary N) is 2. The third-order valence-corrected chi connectivity index (χ3v) is 6.92. The van der Waals surface area contributed by atoms with Gasteiger partial charge in [0.2, 0.25) is 5.91 Å². The van der Waals surface area contributed by atoms with Crippen LogP contribution in [0.4, 0.5) is 10.6 Å². The molecule has 2 aliphatic heterocycles. The minimum atomic E-state index is -0.264. The highest BCUT2D eigenvalue weighted by atomic mass is 32.1. The van der Waals surface area contributed by atoms with Gasteiger partial charge in [-0.3, -0.25) is 4.79 Å². The number of likely N-dealkylation sites (N-methyl/N-ethyl adjacent to an activating group) is 1. The van der Waals surface area contributed by atoms with Crippen molar-refractivity contribution in [1.82, 2.24) is 25.4 Å². The number of nitrogens with zero attached hydrogens (tertiary/aromatic N) is 4. The number of rotatable bonds is 6. The van der Waals surface area contributed by atoms with Crippen LogP contribution in [0.5, 0.6) is 0 Å². The molecule has 2 aromatic heterocycles. The number of thiophene rings is 1. The van der Waals surface area contributed by atoms with E-state index >= 15 is 0 Å². The maximum Gasteiger partial charge on any atom is 0.315 e. The normalized spacial score (nSPS) is 16.7. The second-order valence-electron chi connectivity index (χ2n) is 8.07. The largest absolute Gasteiger partial charge is 0.354 e. The summed E-state index contributed by atoms with van der Waals surface area (Å²) in [6.07, 6.45) is 3.03. The molecule has 1 fully saturated rings. The summed E-state index contributed by atoms with van der Waals surface area (Å²) >= 11 is 1.76. The Morgan fingerprint density at radius 1 is 1.13 bits per heavy atom. The molecule has 8 nitrogen and oxygen atoms in total. The standard InChI is InChI=1S/C22H30N6O2S/c1-26-10-12-27(13-11-26)21-17(3-2-7-23-21)15-25-22(30)24-8-4-20(29)28-9-5-19-18(16-28)6-14-31-19/h2-3,6-7,14H,4-5,8-13,15-16H2,1H3,(H2,24,25,30). The first kappa shape index (κ1) is 21.6. The molecule has 0 aliphatic carbocycles. The molecule has 4 heterocycles. The van der Waals surface area contributed by atoms with E-state index in [0.717, 1.165) is 50.5 Å². The maximum atomic E-state index is 12.5. The van der Waals surface area contributed by atoms with E-state index in [9.17, 15) is 9.59 Å². The van der Waals surface area contributed by atoms with Crippen molar-refractivity contribution in [1.29, 1.82) is 0 Å². The Morgan fingerprint density at radius 3 is 2.81 bits per heavy atom. The van der Waals surface area contributed by atoms with E-state index in [0.29, 0.717) is 26.1 Å². The summed E-state index contributed by atoms with van der Waals surface area (Å²) in [7, 11) is 2.12. The van der Waals surface area contributed by atoms with Crippen LogP contribution in [-0.2, 0) is 24.3 Å². The third kappa shape index (κ3) is 5.54. The van der Waals surface area contributed by atoms with Gasteiger partial charge in [0, 0.05) is 75.4 Å². The lowest BCUT2D eigenvalue weighted by Crippen LogP contribution is -2.45. The van der Waals surface area contributed by atoms with E-state index in [-0.39, 0.29) is 11.9 Å². The number of hydrogen-bond acceptors (Lipinski definition) is 6. The Kier molecular flexibility index (Phi) is 7.03. The summed E-state index contributed by atoms with van der Waals surface area (Å²) in [5.74, 6) is 1.02. The Labute approximate surface area is 187 Å². The predicted molar refractivity (Wildman–Crippen MR) is 122 cm³/mol. The smallest absolute Gasteiger partial charge is 0.315 e. The molecule has 1 saturated heterocycles. The minimum absolute atomic E-state index is 0.0850. The molecule has 0 radical (unpaired) electrons. The Balaban J connectivity index is 1.20. The highest BCUT2D eigenvalue weighted by Gasteiger charge is 2.21. The molecule has 0 saturated carbocycles. The van der Waals surface area contributed by atoms with Gasteiger partial charge in [0.15, 0.2) is 0 Å². The number of urea groups is 1. The summed E-state index contributed by atoms with van der Waals surface area (Å²) in [4.78, 5) is 37.1. The third-order valence-electron chi connectivity index (χ3n) is 5.89. The maximum absolute atomic E-state index is 12.5. The average Bonchev–Trinajstić information content (AvgIpc) is 3.26. The van der Waals surface area contributed by atoms with E-state index in [1.165, 1.54) is 10.4 Å². The van der Waals surface area contributed by atoms with Crippen molar-refractivity contribution in [3.05, 3.63) is 45.8 Å². The Bertz CT molecular complexity index is 909. The van der Waals surface area contributed by atoms with Crippen molar-refractivity contribution in [3.63, 3.8) is 0 Å². The number of piperazine rings is 1. The summed E-state index contributed by atoms with van der Waals surface area (Å²) < 4.78 is 0. The molecule has 0 aromatic carbocycles. The van der Waals surface area contributed by atoms with Gasteiger partial charge in [-0.1, -0.05) is 6.07 Å². The molecule has 2 N–H and O–H groups in total. The van der Waals surface area contributed by atoms with Crippen molar-refractivity contribution in [3.8, 4) is 0 Å². The molecule has 4 rings (SSSR count). The second kappa shape index (κ2) is 10.1. The van der Waals surface area contributed by atoms with Crippen LogP contribution in [0.2, 0.25) is 0 Å². The summed E-state index contributed by atoms with van der Waals surface area (Å²) in [5.41, 5.74) is 2.25. The van der Waals surface area contributed by atoms with E-state index in [1.54, 1.807) is 17.5 Å². The van der Waals surface area contributed by atoms with Crippen LogP contribution in [0.3, 0.4) is 0 Å². The zero-order valence-corrected chi connectivity index (χ0v) is 18.8. The molecule has 166 valence electrons. The first-order valence-corrected chi connectivity index (χ1v) is 11.7. The van der Waals surface area contributed by atoms with Crippen molar-refractivity contribution in [2.45, 2.75) is 25.9 Å². The highest BCUT2D eigenvalue weighted by Crippen LogP contribution is 2.24. The van der Waals surface area contributed by atoms with Crippen LogP contribution in [0.1, 0.15) is 22.4 Å². The predicted octanol–water partition coefficient (Wildman–Crippen LogP) is 1.67. The SMILES string of the molecule is CN1CCN(c2ncccc2CNC(=O)NCCC(=O)N2CCc3sccc3C2)CC1. The lowest BCUT2D eigenvalue weighted by Gasteiger charge is -2.34. The van der Waals surface area contributed by atoms with E-state index in [1.807, 2.05) is 17.0 Å². The molecule has 0 bridgehead atoms. The summed E-state index contributed by atoms with van der Waals surface area (Å²) in [6.45, 7) is 6.04. The van der Waals surface area contributed by atoms with Crippen LogP contribution in [0.25, 0.3) is 0 Å². The number of anilines is 1. The van der Waals surface area contributed by atoms with Crippen LogP contribution in [0, 0.1) is 0 Å². The molecule has 3 amide bonds. The van der Waals surface area contributed by atoms with Crippen LogP contribution >= 0.6 is 11.3 Å². The van der Waals surface area contributed by atoms with E-state index in [4.69, 9.17) is 0 Å². The number of pyridine rings is 1. The first-order chi connectivity index (χ1) is 15.1. The number of fused-ring (bicyclic) bond motifs is 1. The van der Waals surface area contributed by atoms with Gasteiger partial charge < -0.3 is 25.3 Å². The minimum Gasteiger partial charge on any atom is -0.354 e. The zero-order valence-electron chi connectivity index (χ0n) is 18.0. The van der Waals surface area contributed by atoms with E-state index < -0.39 is 0 Å². The van der Waals surface area contributed by atoms with Gasteiger partial charge in [-0.25, -0.2) is 9.78 Å². The van der Waals surface area contributed by atoms with Crippen LogP contribution < -0.4 is 15.5 Å². The molecule has 0 atom stereocenters. The topological polar surface area (TPSA) is 80.8 Å². The molecule has 0 spiro atoms. The van der Waals surface area contributed by atoms with Gasteiger partial charge in [0.05, 0.1) is 0 Å². The fraction of sp³-hybridized carbons (Fsp3) is 0.500. The number of hydrogen-bond donors (Lipinski definition) is 2. The van der Waals surface area contributed by atoms with Gasteiger partial charge in [-0.2, -0.15) is 0 Å². The molecule has 2 aromatic rings.